The summed E-state index contributed by atoms with van der Waals surface area (Å²) in [6, 6.07) is 9.03. The van der Waals surface area contributed by atoms with Gasteiger partial charge in [-0.2, -0.15) is 5.10 Å². The number of amides is 1. The van der Waals surface area contributed by atoms with Gasteiger partial charge in [0.2, 0.25) is 0 Å². The molecular formula is C17H16Br2N2O4. The summed E-state index contributed by atoms with van der Waals surface area (Å²) in [5.74, 6) is 0.646. The molecule has 0 unspecified atom stereocenters. The molecule has 0 bridgehead atoms. The lowest BCUT2D eigenvalue weighted by Crippen LogP contribution is -2.24. The lowest BCUT2D eigenvalue weighted by Gasteiger charge is -2.10. The Labute approximate surface area is 162 Å². The average Bonchev–Trinajstić information content (AvgIpc) is 2.59. The minimum Gasteiger partial charge on any atom is -0.506 e. The topological polar surface area (TPSA) is 80.2 Å². The first kappa shape index (κ1) is 19.3. The van der Waals surface area contributed by atoms with Crippen molar-refractivity contribution >= 4 is 44.0 Å². The second-order valence-electron chi connectivity index (χ2n) is 4.99. The second-order valence-corrected chi connectivity index (χ2v) is 6.64. The number of nitrogens with one attached hydrogen (secondary N) is 1. The highest BCUT2D eigenvalue weighted by Crippen LogP contribution is 2.41. The average molecular weight is 472 g/mol. The zero-order valence-corrected chi connectivity index (χ0v) is 16.7. The molecule has 0 fully saturated rings. The zero-order valence-electron chi connectivity index (χ0n) is 13.5. The summed E-state index contributed by atoms with van der Waals surface area (Å²) in [6.07, 6.45) is 1.33. The van der Waals surface area contributed by atoms with Crippen LogP contribution in [0.3, 0.4) is 0 Å². The van der Waals surface area contributed by atoms with E-state index in [9.17, 15) is 9.90 Å². The highest BCUT2D eigenvalue weighted by Gasteiger charge is 2.14. The zero-order chi connectivity index (χ0) is 18.4. The van der Waals surface area contributed by atoms with Gasteiger partial charge in [0, 0.05) is 5.56 Å². The van der Waals surface area contributed by atoms with Crippen LogP contribution in [0.4, 0.5) is 0 Å². The number of phenols is 1. The number of ether oxygens (including phenoxy) is 2. The summed E-state index contributed by atoms with van der Waals surface area (Å²) in [4.78, 5) is 11.8. The Morgan fingerprint density at radius 3 is 2.76 bits per heavy atom. The van der Waals surface area contributed by atoms with Crippen molar-refractivity contribution in [3.05, 3.63) is 50.4 Å². The molecule has 0 aliphatic heterocycles. The van der Waals surface area contributed by atoms with E-state index >= 15 is 0 Å². The number of hydrazone groups is 1. The van der Waals surface area contributed by atoms with Gasteiger partial charge in [0.1, 0.15) is 16.0 Å². The van der Waals surface area contributed by atoms with Crippen molar-refractivity contribution in [2.75, 3.05) is 13.7 Å². The van der Waals surface area contributed by atoms with Crippen molar-refractivity contribution < 1.29 is 19.4 Å². The van der Waals surface area contributed by atoms with Crippen LogP contribution in [0.2, 0.25) is 0 Å². The largest absolute Gasteiger partial charge is 0.506 e. The minimum atomic E-state index is -0.411. The van der Waals surface area contributed by atoms with Crippen LogP contribution in [0.1, 0.15) is 11.1 Å². The number of aromatic hydroxyl groups is 1. The fraction of sp³-hybridized carbons (Fsp3) is 0.176. The number of carbonyl (C=O) groups excluding carboxylic acids is 1. The SMILES string of the molecule is COc1c(Br)cc(/C=N\NC(=O)COc2ccccc2C)c(O)c1Br. The normalized spacial score (nSPS) is 10.7. The lowest BCUT2D eigenvalue weighted by molar-refractivity contribution is -0.123. The Kier molecular flexibility index (Phi) is 6.83. The van der Waals surface area contributed by atoms with Gasteiger partial charge in [-0.05, 0) is 56.5 Å². The van der Waals surface area contributed by atoms with E-state index in [2.05, 4.69) is 42.4 Å². The van der Waals surface area contributed by atoms with Gasteiger partial charge in [0.05, 0.1) is 17.8 Å². The van der Waals surface area contributed by atoms with Crippen molar-refractivity contribution in [2.24, 2.45) is 5.10 Å². The first-order valence-corrected chi connectivity index (χ1v) is 8.78. The minimum absolute atomic E-state index is 0.0470. The maximum atomic E-state index is 11.8. The molecule has 0 heterocycles. The van der Waals surface area contributed by atoms with Crippen LogP contribution < -0.4 is 14.9 Å². The van der Waals surface area contributed by atoms with Crippen molar-refractivity contribution in [1.29, 1.82) is 0 Å². The second kappa shape index (κ2) is 8.87. The van der Waals surface area contributed by atoms with E-state index in [1.165, 1.54) is 13.3 Å². The van der Waals surface area contributed by atoms with Crippen LogP contribution >= 0.6 is 31.9 Å². The van der Waals surface area contributed by atoms with Gasteiger partial charge in [-0.1, -0.05) is 18.2 Å². The maximum absolute atomic E-state index is 11.8. The van der Waals surface area contributed by atoms with E-state index < -0.39 is 5.91 Å². The molecule has 0 saturated heterocycles. The number of hydrogen-bond acceptors (Lipinski definition) is 5. The number of hydrogen-bond donors (Lipinski definition) is 2. The van der Waals surface area contributed by atoms with Crippen molar-refractivity contribution in [2.45, 2.75) is 6.92 Å². The van der Waals surface area contributed by atoms with E-state index in [0.29, 0.717) is 26.0 Å². The molecule has 0 atom stereocenters. The predicted molar refractivity (Wildman–Crippen MR) is 102 cm³/mol. The molecular weight excluding hydrogens is 456 g/mol. The van der Waals surface area contributed by atoms with Gasteiger partial charge in [-0.3, -0.25) is 4.79 Å². The van der Waals surface area contributed by atoms with Gasteiger partial charge < -0.3 is 14.6 Å². The number of halogens is 2. The van der Waals surface area contributed by atoms with E-state index in [1.54, 1.807) is 12.1 Å². The first-order valence-electron chi connectivity index (χ1n) is 7.19. The highest BCUT2D eigenvalue weighted by atomic mass is 79.9. The molecule has 132 valence electrons. The van der Waals surface area contributed by atoms with Crippen molar-refractivity contribution in [3.8, 4) is 17.2 Å². The van der Waals surface area contributed by atoms with E-state index in [1.807, 2.05) is 25.1 Å². The first-order chi connectivity index (χ1) is 11.9. The van der Waals surface area contributed by atoms with Gasteiger partial charge in [-0.25, -0.2) is 5.43 Å². The number of aryl methyl sites for hydroxylation is 1. The molecule has 0 spiro atoms. The summed E-state index contributed by atoms with van der Waals surface area (Å²) in [5, 5.41) is 13.9. The number of nitrogens with zero attached hydrogens (tertiary/aromatic N) is 1. The van der Waals surface area contributed by atoms with Crippen LogP contribution in [-0.2, 0) is 4.79 Å². The molecule has 0 aliphatic rings. The third kappa shape index (κ3) is 4.96. The van der Waals surface area contributed by atoms with Crippen LogP contribution in [0.15, 0.2) is 44.4 Å². The van der Waals surface area contributed by atoms with E-state index in [-0.39, 0.29) is 12.4 Å². The fourth-order valence-corrected chi connectivity index (χ4v) is 3.44. The quantitative estimate of drug-likeness (QED) is 0.496. The molecule has 1 amide bonds. The van der Waals surface area contributed by atoms with Gasteiger partial charge in [-0.15, -0.1) is 0 Å². The summed E-state index contributed by atoms with van der Waals surface area (Å²) in [5.41, 5.74) is 3.69. The van der Waals surface area contributed by atoms with Crippen LogP contribution in [0, 0.1) is 6.92 Å². The molecule has 0 saturated carbocycles. The molecule has 8 heteroatoms. The molecule has 0 aliphatic carbocycles. The van der Waals surface area contributed by atoms with E-state index in [0.717, 1.165) is 5.56 Å². The van der Waals surface area contributed by atoms with Crippen LogP contribution in [0.5, 0.6) is 17.2 Å². The van der Waals surface area contributed by atoms with Crippen molar-refractivity contribution in [1.82, 2.24) is 5.43 Å². The Bertz CT molecular complexity index is 809. The molecule has 2 aromatic carbocycles. The van der Waals surface area contributed by atoms with Gasteiger partial charge >= 0.3 is 0 Å². The Morgan fingerprint density at radius 2 is 2.08 bits per heavy atom. The number of rotatable bonds is 6. The molecule has 0 aromatic heterocycles. The smallest absolute Gasteiger partial charge is 0.277 e. The Morgan fingerprint density at radius 1 is 1.36 bits per heavy atom. The summed E-state index contributed by atoms with van der Waals surface area (Å²) >= 11 is 6.58. The number of para-hydroxylation sites is 1. The number of benzene rings is 2. The van der Waals surface area contributed by atoms with Crippen LogP contribution in [-0.4, -0.2) is 30.9 Å². The van der Waals surface area contributed by atoms with Gasteiger partial charge in [0.15, 0.2) is 12.4 Å². The number of carbonyl (C=O) groups is 1. The molecule has 2 rings (SSSR count). The maximum Gasteiger partial charge on any atom is 0.277 e. The molecule has 6 nitrogen and oxygen atoms in total. The summed E-state index contributed by atoms with van der Waals surface area (Å²) in [7, 11) is 1.49. The third-order valence-electron chi connectivity index (χ3n) is 3.23. The third-order valence-corrected chi connectivity index (χ3v) is 4.55. The number of phenolic OH excluding ortho intramolecular Hbond substituents is 1. The summed E-state index contributed by atoms with van der Waals surface area (Å²) < 4.78 is 11.6. The van der Waals surface area contributed by atoms with E-state index in [4.69, 9.17) is 9.47 Å². The molecule has 25 heavy (non-hydrogen) atoms. The standard InChI is InChI=1S/C17H16Br2N2O4/c1-10-5-3-4-6-13(10)25-9-14(22)21-20-8-11-7-12(18)17(24-2)15(19)16(11)23/h3-8,23H,9H2,1-2H3,(H,21,22)/b20-8-. The Hall–Kier alpha value is -2.06. The molecule has 2 N–H and O–H groups in total. The predicted octanol–water partition coefficient (Wildman–Crippen LogP) is 3.76. The Balaban J connectivity index is 1.97. The lowest BCUT2D eigenvalue weighted by atomic mass is 10.2. The number of methoxy groups -OCH3 is 1. The fourth-order valence-electron chi connectivity index (χ4n) is 1.96. The van der Waals surface area contributed by atoms with Gasteiger partial charge in [0.25, 0.3) is 5.91 Å². The van der Waals surface area contributed by atoms with Crippen LogP contribution in [0.25, 0.3) is 0 Å². The highest BCUT2D eigenvalue weighted by molar-refractivity contribution is 9.11. The molecule has 2 aromatic rings. The van der Waals surface area contributed by atoms with Crippen molar-refractivity contribution in [3.63, 3.8) is 0 Å². The monoisotopic (exact) mass is 470 g/mol. The summed E-state index contributed by atoms with van der Waals surface area (Å²) in [6.45, 7) is 1.73. The molecule has 0 radical (unpaired) electrons.